The Morgan fingerprint density at radius 3 is 2.38 bits per heavy atom. The largest absolute Gasteiger partial charge is 0.338 e. The number of carbonyl (C=O) groups excluding carboxylic acids is 1. The highest BCUT2D eigenvalue weighted by molar-refractivity contribution is 7.92. The van der Waals surface area contributed by atoms with Crippen LogP contribution in [-0.2, 0) is 21.4 Å². The molecule has 1 unspecified atom stereocenters. The molecule has 9 heteroatoms. The first-order valence-electron chi connectivity index (χ1n) is 7.29. The summed E-state index contributed by atoms with van der Waals surface area (Å²) in [6.45, 7) is 3.46. The van der Waals surface area contributed by atoms with Crippen molar-refractivity contribution in [3.8, 4) is 0 Å². The van der Waals surface area contributed by atoms with Gasteiger partial charge in [0.2, 0.25) is 15.9 Å². The van der Waals surface area contributed by atoms with Crippen LogP contribution < -0.4 is 4.31 Å². The number of hydrogen-bond acceptors (Lipinski definition) is 6. The van der Waals surface area contributed by atoms with Crippen molar-refractivity contribution in [1.82, 2.24) is 15.2 Å². The third-order valence-corrected chi connectivity index (χ3v) is 4.83. The topological polar surface area (TPSA) is 96.6 Å². The second-order valence-electron chi connectivity index (χ2n) is 5.56. The number of nitrogens with zero attached hydrogens (tertiary/aromatic N) is 4. The van der Waals surface area contributed by atoms with E-state index in [4.69, 9.17) is 0 Å². The average molecular weight is 352 g/mol. The molecule has 24 heavy (non-hydrogen) atoms. The third kappa shape index (κ3) is 3.91. The van der Waals surface area contributed by atoms with E-state index in [1.165, 1.54) is 4.90 Å². The van der Waals surface area contributed by atoms with Crippen molar-refractivity contribution >= 4 is 21.6 Å². The fourth-order valence-electron chi connectivity index (χ4n) is 2.39. The van der Waals surface area contributed by atoms with Gasteiger partial charge in [0, 0.05) is 7.05 Å². The first-order valence-corrected chi connectivity index (χ1v) is 9.14. The van der Waals surface area contributed by atoms with Crippen LogP contribution in [0.4, 0.5) is 5.69 Å². The maximum atomic E-state index is 12.7. The second kappa shape index (κ2) is 7.00. The molecule has 0 N–H and O–H groups in total. The van der Waals surface area contributed by atoms with Gasteiger partial charge in [-0.3, -0.25) is 9.10 Å². The van der Waals surface area contributed by atoms with Gasteiger partial charge in [0.15, 0.2) is 0 Å². The summed E-state index contributed by atoms with van der Waals surface area (Å²) in [6.07, 6.45) is 1.08. The van der Waals surface area contributed by atoms with Gasteiger partial charge in [-0.2, -0.15) is 0 Å². The molecule has 1 heterocycles. The molecule has 130 valence electrons. The van der Waals surface area contributed by atoms with Gasteiger partial charge in [0.1, 0.15) is 17.4 Å². The number of benzene rings is 1. The molecule has 2 aromatic rings. The summed E-state index contributed by atoms with van der Waals surface area (Å²) in [6, 6.07) is 7.63. The van der Waals surface area contributed by atoms with Crippen molar-refractivity contribution in [1.29, 1.82) is 0 Å². The van der Waals surface area contributed by atoms with E-state index in [0.29, 0.717) is 17.1 Å². The summed E-state index contributed by atoms with van der Waals surface area (Å²) in [5.74, 6) is -0.355. The highest BCUT2D eigenvalue weighted by Crippen LogP contribution is 2.21. The third-order valence-electron chi connectivity index (χ3n) is 3.59. The van der Waals surface area contributed by atoms with Gasteiger partial charge in [-0.1, -0.05) is 28.5 Å². The Bertz CT molecular complexity index is 804. The van der Waals surface area contributed by atoms with E-state index in [1.807, 2.05) is 0 Å². The minimum atomic E-state index is -3.63. The molecule has 0 radical (unpaired) electrons. The molecule has 0 spiro atoms. The van der Waals surface area contributed by atoms with Crippen LogP contribution in [0.15, 0.2) is 35.0 Å². The number of likely N-dealkylation sites (N-methyl/N-ethyl adjacent to an activating group) is 1. The fraction of sp³-hybridized carbons (Fsp3) is 0.400. The Labute approximate surface area is 141 Å². The van der Waals surface area contributed by atoms with Crippen LogP contribution in [0.3, 0.4) is 0 Å². The number of aryl methyl sites for hydroxylation is 1. The Hall–Kier alpha value is -2.42. The molecule has 0 aliphatic heterocycles. The zero-order chi connectivity index (χ0) is 17.9. The summed E-state index contributed by atoms with van der Waals surface area (Å²) in [4.78, 5) is 14.1. The van der Waals surface area contributed by atoms with Crippen LogP contribution in [0.1, 0.15) is 18.3 Å². The van der Waals surface area contributed by atoms with Gasteiger partial charge in [-0.15, -0.1) is 0 Å². The molecule has 0 aliphatic carbocycles. The van der Waals surface area contributed by atoms with Crippen molar-refractivity contribution in [2.24, 2.45) is 0 Å². The summed E-state index contributed by atoms with van der Waals surface area (Å²) in [5, 5.41) is 7.40. The molecule has 0 aliphatic rings. The molecule has 0 saturated carbocycles. The summed E-state index contributed by atoms with van der Waals surface area (Å²) in [5.41, 5.74) is 1.56. The normalized spacial score (nSPS) is 12.7. The van der Waals surface area contributed by atoms with Crippen LogP contribution in [0.2, 0.25) is 0 Å². The number of sulfonamides is 1. The molecular weight excluding hydrogens is 332 g/mol. The Morgan fingerprint density at radius 2 is 1.88 bits per heavy atom. The fourth-order valence-corrected chi connectivity index (χ4v) is 3.56. The highest BCUT2D eigenvalue weighted by Gasteiger charge is 2.31. The van der Waals surface area contributed by atoms with Crippen LogP contribution in [-0.4, -0.2) is 48.9 Å². The highest BCUT2D eigenvalue weighted by atomic mass is 32.2. The first-order chi connectivity index (χ1) is 11.2. The number of anilines is 1. The van der Waals surface area contributed by atoms with E-state index >= 15 is 0 Å². The number of para-hydroxylation sites is 1. The Morgan fingerprint density at radius 1 is 1.25 bits per heavy atom. The first kappa shape index (κ1) is 17.9. The Kier molecular flexibility index (Phi) is 5.23. The molecule has 1 atom stereocenters. The van der Waals surface area contributed by atoms with E-state index in [0.717, 1.165) is 10.6 Å². The molecule has 0 fully saturated rings. The number of aromatic nitrogens is 2. The molecular formula is C15H20N4O4S. The lowest BCUT2D eigenvalue weighted by Gasteiger charge is -2.30. The Balaban J connectivity index is 2.24. The molecule has 1 amide bonds. The van der Waals surface area contributed by atoms with E-state index in [2.05, 4.69) is 14.9 Å². The molecule has 0 bridgehead atoms. The lowest BCUT2D eigenvalue weighted by atomic mass is 10.2. The standard InChI is InChI=1S/C15H20N4O4S/c1-11-14(17-23-16-11)10-18(3)15(20)12(2)19(24(4,21)22)13-8-6-5-7-9-13/h5-9,12H,10H2,1-4H3. The van der Waals surface area contributed by atoms with Crippen LogP contribution in [0, 0.1) is 6.92 Å². The van der Waals surface area contributed by atoms with E-state index in [9.17, 15) is 13.2 Å². The monoisotopic (exact) mass is 352 g/mol. The van der Waals surface area contributed by atoms with Crippen molar-refractivity contribution in [3.05, 3.63) is 41.7 Å². The van der Waals surface area contributed by atoms with Gasteiger partial charge in [0.05, 0.1) is 18.5 Å². The maximum Gasteiger partial charge on any atom is 0.246 e. The lowest BCUT2D eigenvalue weighted by Crippen LogP contribution is -2.48. The molecule has 1 aromatic heterocycles. The predicted octanol–water partition coefficient (Wildman–Crippen LogP) is 1.19. The second-order valence-corrected chi connectivity index (χ2v) is 7.42. The van der Waals surface area contributed by atoms with Crippen molar-refractivity contribution < 1.29 is 17.8 Å². The summed E-state index contributed by atoms with van der Waals surface area (Å²) in [7, 11) is -2.04. The summed E-state index contributed by atoms with van der Waals surface area (Å²) >= 11 is 0. The van der Waals surface area contributed by atoms with E-state index < -0.39 is 16.1 Å². The lowest BCUT2D eigenvalue weighted by molar-refractivity contribution is -0.131. The average Bonchev–Trinajstić information content (AvgIpc) is 2.91. The SMILES string of the molecule is Cc1nonc1CN(C)C(=O)C(C)N(c1ccccc1)S(C)(=O)=O. The van der Waals surface area contributed by atoms with E-state index in [1.54, 1.807) is 51.2 Å². The van der Waals surface area contributed by atoms with Gasteiger partial charge in [0.25, 0.3) is 0 Å². The smallest absolute Gasteiger partial charge is 0.246 e. The number of hydrogen-bond donors (Lipinski definition) is 0. The maximum absolute atomic E-state index is 12.7. The number of rotatable bonds is 6. The minimum Gasteiger partial charge on any atom is -0.338 e. The van der Waals surface area contributed by atoms with E-state index in [-0.39, 0.29) is 12.5 Å². The molecule has 1 aromatic carbocycles. The quantitative estimate of drug-likeness (QED) is 0.775. The van der Waals surface area contributed by atoms with Crippen molar-refractivity contribution in [2.45, 2.75) is 26.4 Å². The van der Waals surface area contributed by atoms with Crippen molar-refractivity contribution in [3.63, 3.8) is 0 Å². The predicted molar refractivity (Wildman–Crippen MR) is 88.7 cm³/mol. The van der Waals surface area contributed by atoms with Gasteiger partial charge < -0.3 is 4.90 Å². The molecule has 2 rings (SSSR count). The zero-order valence-corrected chi connectivity index (χ0v) is 14.8. The number of carbonyl (C=O) groups is 1. The molecule has 8 nitrogen and oxygen atoms in total. The van der Waals surface area contributed by atoms with Gasteiger partial charge in [-0.05, 0) is 26.0 Å². The van der Waals surface area contributed by atoms with Gasteiger partial charge >= 0.3 is 0 Å². The van der Waals surface area contributed by atoms with Crippen LogP contribution in [0.5, 0.6) is 0 Å². The van der Waals surface area contributed by atoms with Gasteiger partial charge in [-0.25, -0.2) is 13.0 Å². The van der Waals surface area contributed by atoms with Crippen LogP contribution in [0.25, 0.3) is 0 Å². The minimum absolute atomic E-state index is 0.185. The zero-order valence-electron chi connectivity index (χ0n) is 14.0. The molecule has 0 saturated heterocycles. The van der Waals surface area contributed by atoms with Crippen molar-refractivity contribution in [2.75, 3.05) is 17.6 Å². The van der Waals surface area contributed by atoms with Crippen LogP contribution >= 0.6 is 0 Å². The summed E-state index contributed by atoms with van der Waals surface area (Å²) < 4.78 is 30.1. The number of amides is 1.